The van der Waals surface area contributed by atoms with Crippen LogP contribution in [0.5, 0.6) is 11.5 Å². The SMILES string of the molecule is CCC(C(=O)NCCc1ccc(OC)c(OC)c1)n1nc(C)c(Cl)c1C. The molecule has 1 aromatic carbocycles. The van der Waals surface area contributed by atoms with E-state index < -0.39 is 0 Å². The lowest BCUT2D eigenvalue weighted by molar-refractivity contribution is -0.124. The highest BCUT2D eigenvalue weighted by Crippen LogP contribution is 2.27. The number of nitrogens with zero attached hydrogens (tertiary/aromatic N) is 2. The molecular formula is C19H26ClN3O3. The fraction of sp³-hybridized carbons (Fsp3) is 0.474. The Morgan fingerprint density at radius 3 is 2.50 bits per heavy atom. The zero-order valence-corrected chi connectivity index (χ0v) is 16.7. The first-order valence-electron chi connectivity index (χ1n) is 8.62. The van der Waals surface area contributed by atoms with Gasteiger partial charge in [0.15, 0.2) is 11.5 Å². The minimum atomic E-state index is -0.369. The lowest BCUT2D eigenvalue weighted by Gasteiger charge is -2.17. The van der Waals surface area contributed by atoms with Gasteiger partial charge in [0.05, 0.1) is 30.6 Å². The van der Waals surface area contributed by atoms with Gasteiger partial charge in [-0.1, -0.05) is 24.6 Å². The normalized spacial score (nSPS) is 11.9. The Bertz CT molecular complexity index is 774. The molecule has 2 aromatic rings. The summed E-state index contributed by atoms with van der Waals surface area (Å²) < 4.78 is 12.3. The summed E-state index contributed by atoms with van der Waals surface area (Å²) in [6, 6.07) is 5.38. The van der Waals surface area contributed by atoms with Gasteiger partial charge in [-0.3, -0.25) is 9.48 Å². The van der Waals surface area contributed by atoms with Gasteiger partial charge in [-0.2, -0.15) is 5.10 Å². The van der Waals surface area contributed by atoms with Crippen LogP contribution in [-0.2, 0) is 11.2 Å². The van der Waals surface area contributed by atoms with Crippen molar-refractivity contribution in [1.29, 1.82) is 0 Å². The van der Waals surface area contributed by atoms with Gasteiger partial charge in [0, 0.05) is 6.54 Å². The van der Waals surface area contributed by atoms with Crippen LogP contribution < -0.4 is 14.8 Å². The lowest BCUT2D eigenvalue weighted by atomic mass is 10.1. The van der Waals surface area contributed by atoms with Crippen molar-refractivity contribution < 1.29 is 14.3 Å². The molecular weight excluding hydrogens is 354 g/mol. The Hall–Kier alpha value is -2.21. The van der Waals surface area contributed by atoms with Gasteiger partial charge in [-0.05, 0) is 44.4 Å². The molecule has 0 saturated heterocycles. The molecule has 0 bridgehead atoms. The number of halogens is 1. The Balaban J connectivity index is 2.00. The van der Waals surface area contributed by atoms with Crippen LogP contribution in [0.3, 0.4) is 0 Å². The number of hydrogen-bond donors (Lipinski definition) is 1. The van der Waals surface area contributed by atoms with Gasteiger partial charge in [-0.15, -0.1) is 0 Å². The number of nitrogens with one attached hydrogen (secondary N) is 1. The third-order valence-electron chi connectivity index (χ3n) is 4.38. The first kappa shape index (κ1) is 20.1. The molecule has 142 valence electrons. The topological polar surface area (TPSA) is 65.4 Å². The maximum absolute atomic E-state index is 12.6. The van der Waals surface area contributed by atoms with E-state index >= 15 is 0 Å². The van der Waals surface area contributed by atoms with Crippen molar-refractivity contribution in [2.24, 2.45) is 0 Å². The van der Waals surface area contributed by atoms with Gasteiger partial charge in [0.25, 0.3) is 0 Å². The second kappa shape index (κ2) is 8.94. The molecule has 1 amide bonds. The Kier molecular flexibility index (Phi) is 6.91. The molecule has 2 rings (SSSR count). The number of carbonyl (C=O) groups is 1. The predicted molar refractivity (Wildman–Crippen MR) is 102 cm³/mol. The van der Waals surface area contributed by atoms with Crippen LogP contribution in [0.2, 0.25) is 5.02 Å². The van der Waals surface area contributed by atoms with Crippen LogP contribution >= 0.6 is 11.6 Å². The molecule has 0 spiro atoms. The highest BCUT2D eigenvalue weighted by molar-refractivity contribution is 6.31. The van der Waals surface area contributed by atoms with E-state index in [1.54, 1.807) is 18.9 Å². The summed E-state index contributed by atoms with van der Waals surface area (Å²) in [5.41, 5.74) is 2.61. The monoisotopic (exact) mass is 379 g/mol. The number of ether oxygens (including phenoxy) is 2. The van der Waals surface area contributed by atoms with Gasteiger partial charge in [-0.25, -0.2) is 0 Å². The van der Waals surface area contributed by atoms with Crippen molar-refractivity contribution in [2.45, 2.75) is 39.7 Å². The smallest absolute Gasteiger partial charge is 0.244 e. The fourth-order valence-electron chi connectivity index (χ4n) is 2.90. The maximum atomic E-state index is 12.6. The molecule has 1 heterocycles. The maximum Gasteiger partial charge on any atom is 0.244 e. The number of carbonyl (C=O) groups excluding carboxylic acids is 1. The number of amides is 1. The van der Waals surface area contributed by atoms with Crippen LogP contribution in [0.25, 0.3) is 0 Å². The minimum absolute atomic E-state index is 0.0600. The number of rotatable bonds is 8. The van der Waals surface area contributed by atoms with Crippen LogP contribution in [-0.4, -0.2) is 36.5 Å². The summed E-state index contributed by atoms with van der Waals surface area (Å²) in [5.74, 6) is 1.31. The highest BCUT2D eigenvalue weighted by atomic mass is 35.5. The second-order valence-corrected chi connectivity index (χ2v) is 6.46. The molecule has 0 fully saturated rings. The molecule has 26 heavy (non-hydrogen) atoms. The van der Waals surface area contributed by atoms with E-state index in [1.165, 1.54) is 0 Å². The molecule has 0 aliphatic rings. The molecule has 1 atom stereocenters. The average Bonchev–Trinajstić information content (AvgIpc) is 2.89. The fourth-order valence-corrected chi connectivity index (χ4v) is 3.02. The molecule has 6 nitrogen and oxygen atoms in total. The van der Waals surface area contributed by atoms with Crippen LogP contribution in [0.1, 0.15) is 36.3 Å². The first-order chi connectivity index (χ1) is 12.4. The Morgan fingerprint density at radius 1 is 1.27 bits per heavy atom. The van der Waals surface area contributed by atoms with E-state index in [1.807, 2.05) is 39.0 Å². The number of methoxy groups -OCH3 is 2. The second-order valence-electron chi connectivity index (χ2n) is 6.08. The largest absolute Gasteiger partial charge is 0.493 e. The third-order valence-corrected chi connectivity index (χ3v) is 4.93. The zero-order valence-electron chi connectivity index (χ0n) is 15.9. The summed E-state index contributed by atoms with van der Waals surface area (Å²) in [6.45, 7) is 6.20. The Morgan fingerprint density at radius 2 is 1.96 bits per heavy atom. The summed E-state index contributed by atoms with van der Waals surface area (Å²) in [7, 11) is 3.21. The minimum Gasteiger partial charge on any atom is -0.493 e. The molecule has 0 aliphatic heterocycles. The molecule has 7 heteroatoms. The van der Waals surface area contributed by atoms with Crippen LogP contribution in [0, 0.1) is 13.8 Å². The quantitative estimate of drug-likeness (QED) is 0.762. The van der Waals surface area contributed by atoms with E-state index in [2.05, 4.69) is 10.4 Å². The third kappa shape index (κ3) is 4.30. The van der Waals surface area contributed by atoms with Gasteiger partial charge < -0.3 is 14.8 Å². The van der Waals surface area contributed by atoms with E-state index in [0.29, 0.717) is 35.9 Å². The summed E-state index contributed by atoms with van der Waals surface area (Å²) in [6.07, 6.45) is 1.33. The van der Waals surface area contributed by atoms with E-state index in [-0.39, 0.29) is 11.9 Å². The Labute approximate surface area is 159 Å². The highest BCUT2D eigenvalue weighted by Gasteiger charge is 2.22. The van der Waals surface area contributed by atoms with E-state index in [9.17, 15) is 4.79 Å². The standard InChI is InChI=1S/C19H26ClN3O3/c1-6-15(23-13(3)18(20)12(2)22-23)19(24)21-10-9-14-7-8-16(25-4)17(11-14)26-5/h7-8,11,15H,6,9-10H2,1-5H3,(H,21,24). The number of benzene rings is 1. The molecule has 0 radical (unpaired) electrons. The predicted octanol–water partition coefficient (Wildman–Crippen LogP) is 3.48. The van der Waals surface area contributed by atoms with E-state index in [0.717, 1.165) is 17.0 Å². The number of aromatic nitrogens is 2. The first-order valence-corrected chi connectivity index (χ1v) is 9.00. The van der Waals surface area contributed by atoms with Crippen LogP contribution in [0.4, 0.5) is 0 Å². The number of hydrogen-bond acceptors (Lipinski definition) is 4. The van der Waals surface area contributed by atoms with Crippen LogP contribution in [0.15, 0.2) is 18.2 Å². The lowest BCUT2D eigenvalue weighted by Crippen LogP contribution is -2.34. The number of aryl methyl sites for hydroxylation is 1. The van der Waals surface area contributed by atoms with Gasteiger partial charge in [0.2, 0.25) is 5.91 Å². The van der Waals surface area contributed by atoms with Crippen molar-refractivity contribution in [2.75, 3.05) is 20.8 Å². The molecule has 1 N–H and O–H groups in total. The molecule has 0 saturated carbocycles. The summed E-state index contributed by atoms with van der Waals surface area (Å²) in [5, 5.41) is 8.00. The molecule has 1 aromatic heterocycles. The van der Waals surface area contributed by atoms with Crippen molar-refractivity contribution in [3.8, 4) is 11.5 Å². The molecule has 1 unspecified atom stereocenters. The molecule has 0 aliphatic carbocycles. The van der Waals surface area contributed by atoms with Crippen molar-refractivity contribution in [3.05, 3.63) is 40.2 Å². The summed E-state index contributed by atoms with van der Waals surface area (Å²) >= 11 is 6.20. The van der Waals surface area contributed by atoms with Crippen molar-refractivity contribution >= 4 is 17.5 Å². The van der Waals surface area contributed by atoms with Gasteiger partial charge in [0.1, 0.15) is 6.04 Å². The van der Waals surface area contributed by atoms with Gasteiger partial charge >= 0.3 is 0 Å². The van der Waals surface area contributed by atoms with Crippen molar-refractivity contribution in [1.82, 2.24) is 15.1 Å². The average molecular weight is 380 g/mol. The summed E-state index contributed by atoms with van der Waals surface area (Å²) in [4.78, 5) is 12.6. The van der Waals surface area contributed by atoms with Crippen molar-refractivity contribution in [3.63, 3.8) is 0 Å². The zero-order chi connectivity index (χ0) is 19.3. The van der Waals surface area contributed by atoms with E-state index in [4.69, 9.17) is 21.1 Å².